The van der Waals surface area contributed by atoms with Gasteiger partial charge in [0, 0.05) is 6.04 Å². The van der Waals surface area contributed by atoms with Gasteiger partial charge in [-0.2, -0.15) is 0 Å². The predicted octanol–water partition coefficient (Wildman–Crippen LogP) is 2.65. The molecule has 0 bridgehead atoms. The number of rotatable bonds is 4. The van der Waals surface area contributed by atoms with Gasteiger partial charge in [0.2, 0.25) is 0 Å². The van der Waals surface area contributed by atoms with Crippen LogP contribution >= 0.6 is 0 Å². The van der Waals surface area contributed by atoms with Crippen molar-refractivity contribution in [1.82, 2.24) is 5.32 Å². The fourth-order valence-electron chi connectivity index (χ4n) is 2.40. The maximum Gasteiger partial charge on any atom is 0.119 e. The minimum atomic E-state index is -0.418. The fraction of sp³-hybridized carbons (Fsp3) is 0.600. The van der Waals surface area contributed by atoms with Gasteiger partial charge in [-0.1, -0.05) is 18.6 Å². The zero-order chi connectivity index (χ0) is 13.0. The molecule has 0 aromatic heterocycles. The molecule has 2 atom stereocenters. The smallest absolute Gasteiger partial charge is 0.119 e. The van der Waals surface area contributed by atoms with Crippen LogP contribution in [0.1, 0.15) is 44.8 Å². The summed E-state index contributed by atoms with van der Waals surface area (Å²) in [5.74, 6) is 0.859. The van der Waals surface area contributed by atoms with E-state index in [-0.39, 0.29) is 12.1 Å². The summed E-state index contributed by atoms with van der Waals surface area (Å²) in [6.07, 6.45) is 3.22. The van der Waals surface area contributed by atoms with E-state index in [9.17, 15) is 5.11 Å². The summed E-state index contributed by atoms with van der Waals surface area (Å²) in [4.78, 5) is 0. The maximum absolute atomic E-state index is 10.3. The molecule has 1 aromatic rings. The summed E-state index contributed by atoms with van der Waals surface area (Å²) >= 11 is 0. The van der Waals surface area contributed by atoms with E-state index in [0.717, 1.165) is 24.3 Å². The molecule has 0 spiro atoms. The van der Waals surface area contributed by atoms with Crippen LogP contribution in [0.4, 0.5) is 0 Å². The van der Waals surface area contributed by atoms with Crippen molar-refractivity contribution in [2.45, 2.75) is 51.4 Å². The molecule has 0 amide bonds. The second-order valence-corrected chi connectivity index (χ2v) is 5.24. The van der Waals surface area contributed by atoms with E-state index >= 15 is 0 Å². The molecule has 2 N–H and O–H groups in total. The Labute approximate surface area is 109 Å². The zero-order valence-corrected chi connectivity index (χ0v) is 11.2. The molecule has 0 saturated carbocycles. The van der Waals surface area contributed by atoms with E-state index in [1.54, 1.807) is 0 Å². The third kappa shape index (κ3) is 3.47. The van der Waals surface area contributed by atoms with Crippen LogP contribution in [0.2, 0.25) is 0 Å². The summed E-state index contributed by atoms with van der Waals surface area (Å²) < 4.78 is 5.60. The molecule has 100 valence electrons. The summed E-state index contributed by atoms with van der Waals surface area (Å²) in [6, 6.07) is 7.97. The first-order valence-corrected chi connectivity index (χ1v) is 6.85. The quantitative estimate of drug-likeness (QED) is 0.862. The van der Waals surface area contributed by atoms with Crippen molar-refractivity contribution in [3.63, 3.8) is 0 Å². The predicted molar refractivity (Wildman–Crippen MR) is 72.8 cm³/mol. The van der Waals surface area contributed by atoms with Gasteiger partial charge < -0.3 is 15.2 Å². The van der Waals surface area contributed by atoms with Gasteiger partial charge in [0.1, 0.15) is 5.75 Å². The average Bonchev–Trinajstić information content (AvgIpc) is 2.39. The summed E-state index contributed by atoms with van der Waals surface area (Å²) in [6.45, 7) is 5.03. The monoisotopic (exact) mass is 249 g/mol. The minimum absolute atomic E-state index is 0.181. The second kappa shape index (κ2) is 6.21. The number of aliphatic hydroxyl groups is 1. The Balaban J connectivity index is 1.99. The number of hydrogen-bond acceptors (Lipinski definition) is 3. The Kier molecular flexibility index (Phi) is 4.61. The molecular formula is C15H23NO2. The lowest BCUT2D eigenvalue weighted by Gasteiger charge is -2.28. The van der Waals surface area contributed by atoms with Crippen LogP contribution in [-0.2, 0) is 0 Å². The lowest BCUT2D eigenvalue weighted by atomic mass is 9.95. The third-order valence-electron chi connectivity index (χ3n) is 3.32. The summed E-state index contributed by atoms with van der Waals surface area (Å²) in [7, 11) is 0. The molecule has 3 nitrogen and oxygen atoms in total. The van der Waals surface area contributed by atoms with Gasteiger partial charge in [0.15, 0.2) is 0 Å². The molecule has 2 unspecified atom stereocenters. The van der Waals surface area contributed by atoms with E-state index in [1.165, 1.54) is 12.8 Å². The number of hydrogen-bond donors (Lipinski definition) is 2. The Morgan fingerprint density at radius 1 is 1.22 bits per heavy atom. The average molecular weight is 249 g/mol. The Hall–Kier alpha value is -1.06. The van der Waals surface area contributed by atoms with Crippen molar-refractivity contribution in [2.24, 2.45) is 0 Å². The fourth-order valence-corrected chi connectivity index (χ4v) is 2.40. The first-order chi connectivity index (χ1) is 8.66. The van der Waals surface area contributed by atoms with Crippen molar-refractivity contribution in [3.05, 3.63) is 29.8 Å². The van der Waals surface area contributed by atoms with Crippen molar-refractivity contribution < 1.29 is 9.84 Å². The van der Waals surface area contributed by atoms with Crippen LogP contribution in [-0.4, -0.2) is 23.8 Å². The lowest BCUT2D eigenvalue weighted by Crippen LogP contribution is -2.38. The number of aliphatic hydroxyl groups excluding tert-OH is 1. The van der Waals surface area contributed by atoms with E-state index in [4.69, 9.17) is 4.74 Å². The topological polar surface area (TPSA) is 41.5 Å². The molecule has 18 heavy (non-hydrogen) atoms. The maximum atomic E-state index is 10.3. The second-order valence-electron chi connectivity index (χ2n) is 5.24. The van der Waals surface area contributed by atoms with Gasteiger partial charge in [-0.05, 0) is 50.9 Å². The molecule has 1 aromatic carbocycles. The first kappa shape index (κ1) is 13.4. The molecule has 1 aliphatic rings. The summed E-state index contributed by atoms with van der Waals surface area (Å²) in [5, 5.41) is 13.7. The van der Waals surface area contributed by atoms with Crippen LogP contribution in [0.3, 0.4) is 0 Å². The van der Waals surface area contributed by atoms with Crippen molar-refractivity contribution in [1.29, 1.82) is 0 Å². The van der Waals surface area contributed by atoms with Crippen LogP contribution in [0.25, 0.3) is 0 Å². The molecule has 1 saturated heterocycles. The van der Waals surface area contributed by atoms with E-state index < -0.39 is 6.10 Å². The van der Waals surface area contributed by atoms with Crippen molar-refractivity contribution in [2.75, 3.05) is 6.54 Å². The number of ether oxygens (including phenoxy) is 1. The molecule has 0 aliphatic carbocycles. The van der Waals surface area contributed by atoms with Crippen LogP contribution in [0.15, 0.2) is 24.3 Å². The van der Waals surface area contributed by atoms with Crippen molar-refractivity contribution in [3.8, 4) is 5.75 Å². The standard InChI is InChI=1S/C15H23NO2/c1-11(2)18-13-8-6-12(7-9-13)15(17)14-5-3-4-10-16-14/h6-9,11,14-17H,3-5,10H2,1-2H3. The van der Waals surface area contributed by atoms with Crippen LogP contribution in [0.5, 0.6) is 5.75 Å². The molecule has 2 rings (SSSR count). The van der Waals surface area contributed by atoms with Gasteiger partial charge in [0.05, 0.1) is 12.2 Å². The van der Waals surface area contributed by atoms with Crippen molar-refractivity contribution >= 4 is 0 Å². The highest BCUT2D eigenvalue weighted by atomic mass is 16.5. The zero-order valence-electron chi connectivity index (χ0n) is 11.2. The Bertz CT molecular complexity index is 355. The van der Waals surface area contributed by atoms with E-state index in [2.05, 4.69) is 5.32 Å². The minimum Gasteiger partial charge on any atom is -0.491 e. The number of piperidine rings is 1. The Morgan fingerprint density at radius 2 is 1.94 bits per heavy atom. The normalized spacial score (nSPS) is 21.9. The largest absolute Gasteiger partial charge is 0.491 e. The molecular weight excluding hydrogens is 226 g/mol. The lowest BCUT2D eigenvalue weighted by molar-refractivity contribution is 0.114. The highest BCUT2D eigenvalue weighted by Crippen LogP contribution is 2.24. The van der Waals surface area contributed by atoms with E-state index in [0.29, 0.717) is 0 Å². The van der Waals surface area contributed by atoms with E-state index in [1.807, 2.05) is 38.1 Å². The number of nitrogens with one attached hydrogen (secondary N) is 1. The molecule has 1 heterocycles. The van der Waals surface area contributed by atoms with Crippen LogP contribution in [0, 0.1) is 0 Å². The van der Waals surface area contributed by atoms with Crippen LogP contribution < -0.4 is 10.1 Å². The highest BCUT2D eigenvalue weighted by molar-refractivity contribution is 5.29. The number of benzene rings is 1. The third-order valence-corrected chi connectivity index (χ3v) is 3.32. The molecule has 0 radical (unpaired) electrons. The highest BCUT2D eigenvalue weighted by Gasteiger charge is 2.22. The molecule has 3 heteroatoms. The van der Waals surface area contributed by atoms with Gasteiger partial charge in [-0.15, -0.1) is 0 Å². The van der Waals surface area contributed by atoms with Gasteiger partial charge in [0.25, 0.3) is 0 Å². The van der Waals surface area contributed by atoms with Gasteiger partial charge in [-0.25, -0.2) is 0 Å². The van der Waals surface area contributed by atoms with Gasteiger partial charge >= 0.3 is 0 Å². The first-order valence-electron chi connectivity index (χ1n) is 6.85. The molecule has 1 fully saturated rings. The van der Waals surface area contributed by atoms with Gasteiger partial charge in [-0.3, -0.25) is 0 Å². The summed E-state index contributed by atoms with van der Waals surface area (Å²) in [5.41, 5.74) is 0.963. The molecule has 1 aliphatic heterocycles. The SMILES string of the molecule is CC(C)Oc1ccc(C(O)C2CCCCN2)cc1. The Morgan fingerprint density at radius 3 is 2.50 bits per heavy atom.